The zero-order valence-electron chi connectivity index (χ0n) is 12.5. The van der Waals surface area contributed by atoms with Crippen molar-refractivity contribution in [2.75, 3.05) is 13.1 Å². The molecule has 1 aliphatic rings. The summed E-state index contributed by atoms with van der Waals surface area (Å²) in [5.41, 5.74) is 1.91. The number of amides is 1. The van der Waals surface area contributed by atoms with E-state index in [1.54, 1.807) is 23.5 Å². The molecular weight excluding hydrogens is 330 g/mol. The number of nitrogens with zero attached hydrogens (tertiary/aromatic N) is 3. The minimum Gasteiger partial charge on any atom is -0.339 e. The molecule has 118 valence electrons. The van der Waals surface area contributed by atoms with Crippen molar-refractivity contribution in [2.45, 2.75) is 18.8 Å². The van der Waals surface area contributed by atoms with Gasteiger partial charge in [-0.25, -0.2) is 4.98 Å². The van der Waals surface area contributed by atoms with Gasteiger partial charge in [0.05, 0.1) is 10.6 Å². The van der Waals surface area contributed by atoms with Gasteiger partial charge in [0.15, 0.2) is 4.96 Å². The zero-order valence-corrected chi connectivity index (χ0v) is 14.1. The molecule has 0 N–H and O–H groups in total. The number of likely N-dealkylation sites (tertiary alicyclic amines) is 1. The Balaban J connectivity index is 1.48. The van der Waals surface area contributed by atoms with Gasteiger partial charge in [-0.15, -0.1) is 11.3 Å². The SMILES string of the molecule is O=C(c1ccccc1Cl)N1CCC(c2csc3nccn23)CC1. The third-order valence-electron chi connectivity index (χ3n) is 4.47. The van der Waals surface area contributed by atoms with E-state index in [9.17, 15) is 4.79 Å². The van der Waals surface area contributed by atoms with Crippen LogP contribution in [0.25, 0.3) is 4.96 Å². The number of rotatable bonds is 2. The van der Waals surface area contributed by atoms with Crippen molar-refractivity contribution in [2.24, 2.45) is 0 Å². The molecule has 1 fully saturated rings. The van der Waals surface area contributed by atoms with Crippen molar-refractivity contribution in [3.63, 3.8) is 0 Å². The van der Waals surface area contributed by atoms with Crippen LogP contribution in [0.15, 0.2) is 42.0 Å². The summed E-state index contributed by atoms with van der Waals surface area (Å²) in [6, 6.07) is 7.26. The van der Waals surface area contributed by atoms with E-state index in [4.69, 9.17) is 11.6 Å². The molecule has 2 aromatic heterocycles. The Labute approximate surface area is 143 Å². The predicted octanol–water partition coefficient (Wildman–Crippen LogP) is 4.07. The number of piperidine rings is 1. The fourth-order valence-corrected chi connectivity index (χ4v) is 4.37. The number of halogens is 1. The summed E-state index contributed by atoms with van der Waals surface area (Å²) < 4.78 is 2.17. The normalized spacial score (nSPS) is 16.1. The van der Waals surface area contributed by atoms with Gasteiger partial charge in [0.1, 0.15) is 0 Å². The average molecular weight is 346 g/mol. The topological polar surface area (TPSA) is 37.6 Å². The second-order valence-corrected chi connectivity index (χ2v) is 7.03. The van der Waals surface area contributed by atoms with Gasteiger partial charge in [0, 0.05) is 42.5 Å². The monoisotopic (exact) mass is 345 g/mol. The van der Waals surface area contributed by atoms with Gasteiger partial charge in [0.25, 0.3) is 5.91 Å². The number of benzene rings is 1. The molecule has 4 nitrogen and oxygen atoms in total. The highest BCUT2D eigenvalue weighted by Crippen LogP contribution is 2.31. The number of fused-ring (bicyclic) bond motifs is 1. The first-order valence-electron chi connectivity index (χ1n) is 7.68. The molecule has 4 rings (SSSR count). The van der Waals surface area contributed by atoms with Crippen LogP contribution in [0.4, 0.5) is 0 Å². The summed E-state index contributed by atoms with van der Waals surface area (Å²) in [7, 11) is 0. The molecule has 0 atom stereocenters. The Morgan fingerprint density at radius 2 is 2.04 bits per heavy atom. The zero-order chi connectivity index (χ0) is 15.8. The lowest BCUT2D eigenvalue weighted by molar-refractivity contribution is 0.0712. The maximum absolute atomic E-state index is 12.6. The van der Waals surface area contributed by atoms with E-state index in [-0.39, 0.29) is 5.91 Å². The number of hydrogen-bond donors (Lipinski definition) is 0. The first kappa shape index (κ1) is 14.7. The van der Waals surface area contributed by atoms with E-state index in [0.717, 1.165) is 30.9 Å². The lowest BCUT2D eigenvalue weighted by Crippen LogP contribution is -2.38. The lowest BCUT2D eigenvalue weighted by Gasteiger charge is -2.32. The summed E-state index contributed by atoms with van der Waals surface area (Å²) in [5, 5.41) is 2.72. The predicted molar refractivity (Wildman–Crippen MR) is 92.4 cm³/mol. The fourth-order valence-electron chi connectivity index (χ4n) is 3.22. The summed E-state index contributed by atoms with van der Waals surface area (Å²) in [6.07, 6.45) is 5.80. The Hall–Kier alpha value is -1.85. The van der Waals surface area contributed by atoms with E-state index >= 15 is 0 Å². The highest BCUT2D eigenvalue weighted by Gasteiger charge is 2.27. The molecule has 0 bridgehead atoms. The van der Waals surface area contributed by atoms with Gasteiger partial charge in [-0.1, -0.05) is 23.7 Å². The number of carbonyl (C=O) groups is 1. The molecule has 0 spiro atoms. The van der Waals surface area contributed by atoms with Gasteiger partial charge < -0.3 is 4.90 Å². The van der Waals surface area contributed by atoms with Gasteiger partial charge >= 0.3 is 0 Å². The Morgan fingerprint density at radius 3 is 2.83 bits per heavy atom. The van der Waals surface area contributed by atoms with Gasteiger partial charge in [-0.05, 0) is 25.0 Å². The Morgan fingerprint density at radius 1 is 1.26 bits per heavy atom. The van der Waals surface area contributed by atoms with Gasteiger partial charge in [0.2, 0.25) is 0 Å². The number of imidazole rings is 1. The number of hydrogen-bond acceptors (Lipinski definition) is 3. The molecule has 1 aliphatic heterocycles. The summed E-state index contributed by atoms with van der Waals surface area (Å²) in [5.74, 6) is 0.514. The van der Waals surface area contributed by atoms with E-state index < -0.39 is 0 Å². The maximum atomic E-state index is 12.6. The minimum absolute atomic E-state index is 0.0344. The molecule has 0 radical (unpaired) electrons. The molecule has 3 aromatic rings. The summed E-state index contributed by atoms with van der Waals surface area (Å²) in [4.78, 5) is 19.9. The Bertz CT molecular complexity index is 848. The van der Waals surface area contributed by atoms with E-state index in [1.807, 2.05) is 29.4 Å². The molecule has 3 heterocycles. The standard InChI is InChI=1S/C17H16ClN3OS/c18-14-4-2-1-3-13(14)16(22)20-8-5-12(6-9-20)15-11-23-17-19-7-10-21(15)17/h1-4,7,10-12H,5-6,8-9H2. The first-order valence-corrected chi connectivity index (χ1v) is 8.94. The molecule has 0 aliphatic carbocycles. The van der Waals surface area contributed by atoms with E-state index in [0.29, 0.717) is 16.5 Å². The van der Waals surface area contributed by atoms with Crippen LogP contribution >= 0.6 is 22.9 Å². The molecule has 1 amide bonds. The van der Waals surface area contributed by atoms with Crippen LogP contribution in [-0.4, -0.2) is 33.3 Å². The number of thiazole rings is 1. The fraction of sp³-hybridized carbons (Fsp3) is 0.294. The van der Waals surface area contributed by atoms with E-state index in [1.165, 1.54) is 5.69 Å². The number of carbonyl (C=O) groups excluding carboxylic acids is 1. The lowest BCUT2D eigenvalue weighted by atomic mass is 9.93. The van der Waals surface area contributed by atoms with Crippen LogP contribution in [0.1, 0.15) is 34.8 Å². The van der Waals surface area contributed by atoms with Crippen LogP contribution < -0.4 is 0 Å². The van der Waals surface area contributed by atoms with Crippen molar-refractivity contribution in [1.82, 2.24) is 14.3 Å². The third kappa shape index (κ3) is 2.64. The van der Waals surface area contributed by atoms with Crippen molar-refractivity contribution in [1.29, 1.82) is 0 Å². The summed E-state index contributed by atoms with van der Waals surface area (Å²) in [6.45, 7) is 1.53. The molecular formula is C17H16ClN3OS. The van der Waals surface area contributed by atoms with Crippen molar-refractivity contribution >= 4 is 33.8 Å². The second-order valence-electron chi connectivity index (χ2n) is 5.79. The van der Waals surface area contributed by atoms with Gasteiger partial charge in [-0.2, -0.15) is 0 Å². The van der Waals surface area contributed by atoms with Crippen molar-refractivity contribution in [3.8, 4) is 0 Å². The smallest absolute Gasteiger partial charge is 0.255 e. The van der Waals surface area contributed by atoms with Crippen molar-refractivity contribution in [3.05, 3.63) is 58.3 Å². The van der Waals surface area contributed by atoms with Crippen molar-refractivity contribution < 1.29 is 4.79 Å². The van der Waals surface area contributed by atoms with Crippen LogP contribution in [-0.2, 0) is 0 Å². The highest BCUT2D eigenvalue weighted by atomic mass is 35.5. The second kappa shape index (κ2) is 5.98. The molecule has 6 heteroatoms. The van der Waals surface area contributed by atoms with Crippen LogP contribution in [0.2, 0.25) is 5.02 Å². The molecule has 0 unspecified atom stereocenters. The average Bonchev–Trinajstić information content (AvgIpc) is 3.18. The maximum Gasteiger partial charge on any atom is 0.255 e. The first-order chi connectivity index (χ1) is 11.2. The summed E-state index contributed by atoms with van der Waals surface area (Å²) >= 11 is 7.82. The van der Waals surface area contributed by atoms with Crippen LogP contribution in [0.5, 0.6) is 0 Å². The van der Waals surface area contributed by atoms with Gasteiger partial charge in [-0.3, -0.25) is 9.20 Å². The minimum atomic E-state index is 0.0344. The molecule has 1 saturated heterocycles. The van der Waals surface area contributed by atoms with Crippen LogP contribution in [0.3, 0.4) is 0 Å². The molecule has 0 saturated carbocycles. The molecule has 23 heavy (non-hydrogen) atoms. The largest absolute Gasteiger partial charge is 0.339 e. The Kier molecular flexibility index (Phi) is 3.83. The quantitative estimate of drug-likeness (QED) is 0.702. The molecule has 1 aromatic carbocycles. The third-order valence-corrected chi connectivity index (χ3v) is 5.68. The number of aromatic nitrogens is 2. The van der Waals surface area contributed by atoms with Crippen LogP contribution in [0, 0.1) is 0 Å². The highest BCUT2D eigenvalue weighted by molar-refractivity contribution is 7.15. The van der Waals surface area contributed by atoms with E-state index in [2.05, 4.69) is 14.8 Å².